The number of carbonyl (C=O) groups is 1. The van der Waals surface area contributed by atoms with Crippen molar-refractivity contribution in [2.24, 2.45) is 0 Å². The molecule has 0 spiro atoms. The second kappa shape index (κ2) is 8.23. The van der Waals surface area contributed by atoms with E-state index in [0.29, 0.717) is 0 Å². The van der Waals surface area contributed by atoms with Crippen molar-refractivity contribution in [2.45, 2.75) is 25.9 Å². The Balaban J connectivity index is 1.62. The van der Waals surface area contributed by atoms with E-state index in [4.69, 9.17) is 4.74 Å². The van der Waals surface area contributed by atoms with Gasteiger partial charge in [-0.1, -0.05) is 91.0 Å². The fourth-order valence-electron chi connectivity index (χ4n) is 4.66. The third kappa shape index (κ3) is 3.77. The minimum Gasteiger partial charge on any atom is -0.458 e. The van der Waals surface area contributed by atoms with Crippen LogP contribution in [0.1, 0.15) is 30.6 Å². The molecule has 0 aliphatic rings. The lowest BCUT2D eigenvalue weighted by atomic mass is 9.90. The molecule has 1 unspecified atom stereocenters. The van der Waals surface area contributed by atoms with E-state index in [1.165, 1.54) is 34.0 Å². The van der Waals surface area contributed by atoms with E-state index < -0.39 is 0 Å². The quantitative estimate of drug-likeness (QED) is 0.226. The smallest absolute Gasteiger partial charge is 0.303 e. The highest BCUT2D eigenvalue weighted by molar-refractivity contribution is 6.02. The average molecular weight is 405 g/mol. The largest absolute Gasteiger partial charge is 0.458 e. The maximum Gasteiger partial charge on any atom is 0.303 e. The third-order valence-electron chi connectivity index (χ3n) is 6.00. The molecule has 5 rings (SSSR count). The topological polar surface area (TPSA) is 26.3 Å². The van der Waals surface area contributed by atoms with Crippen LogP contribution in [0, 0.1) is 0 Å². The van der Waals surface area contributed by atoms with Crippen LogP contribution < -0.4 is 0 Å². The maximum absolute atomic E-state index is 12.1. The van der Waals surface area contributed by atoms with E-state index in [1.54, 1.807) is 0 Å². The Hall–Kier alpha value is -3.65. The zero-order valence-corrected chi connectivity index (χ0v) is 17.5. The van der Waals surface area contributed by atoms with Gasteiger partial charge in [0.2, 0.25) is 0 Å². The molecule has 0 radical (unpaired) electrons. The number of aryl methyl sites for hydroxylation is 1. The molecule has 0 bridgehead atoms. The third-order valence-corrected chi connectivity index (χ3v) is 6.00. The van der Waals surface area contributed by atoms with Crippen molar-refractivity contribution in [2.75, 3.05) is 0 Å². The lowest BCUT2D eigenvalue weighted by molar-refractivity contribution is -0.146. The predicted octanol–water partition coefficient (Wildman–Crippen LogP) is 7.38. The van der Waals surface area contributed by atoms with Crippen molar-refractivity contribution >= 4 is 38.3 Å². The molecule has 0 saturated carbocycles. The van der Waals surface area contributed by atoms with Crippen LogP contribution in [0.15, 0.2) is 97.1 Å². The first kappa shape index (κ1) is 19.3. The molecule has 152 valence electrons. The molecule has 0 N–H and O–H groups in total. The van der Waals surface area contributed by atoms with E-state index in [-0.39, 0.29) is 12.1 Å². The van der Waals surface area contributed by atoms with Gasteiger partial charge in [0.15, 0.2) is 0 Å². The summed E-state index contributed by atoms with van der Waals surface area (Å²) in [6.07, 6.45) is 1.25. The Morgan fingerprint density at radius 3 is 1.90 bits per heavy atom. The van der Waals surface area contributed by atoms with E-state index in [9.17, 15) is 4.79 Å². The summed E-state index contributed by atoms with van der Waals surface area (Å²) in [5, 5.41) is 7.11. The van der Waals surface area contributed by atoms with Crippen molar-refractivity contribution < 1.29 is 9.53 Å². The first-order chi connectivity index (χ1) is 15.2. The van der Waals surface area contributed by atoms with Gasteiger partial charge in [0.1, 0.15) is 6.10 Å². The van der Waals surface area contributed by atoms with Crippen LogP contribution in [0.25, 0.3) is 32.3 Å². The Morgan fingerprint density at radius 1 is 0.710 bits per heavy atom. The molecule has 2 heteroatoms. The zero-order valence-electron chi connectivity index (χ0n) is 17.5. The van der Waals surface area contributed by atoms with Gasteiger partial charge in [-0.3, -0.25) is 4.79 Å². The molecule has 0 saturated heterocycles. The Labute approximate surface area is 182 Å². The summed E-state index contributed by atoms with van der Waals surface area (Å²) in [6, 6.07) is 33.8. The number of rotatable bonds is 5. The van der Waals surface area contributed by atoms with Crippen LogP contribution in [-0.4, -0.2) is 5.97 Å². The first-order valence-corrected chi connectivity index (χ1v) is 10.7. The lowest BCUT2D eigenvalue weighted by Crippen LogP contribution is -2.11. The molecule has 0 amide bonds. The summed E-state index contributed by atoms with van der Waals surface area (Å²) in [7, 11) is 0. The van der Waals surface area contributed by atoms with Gasteiger partial charge in [0.05, 0.1) is 0 Å². The van der Waals surface area contributed by atoms with Crippen molar-refractivity contribution in [1.29, 1.82) is 0 Å². The van der Waals surface area contributed by atoms with E-state index in [1.807, 2.05) is 0 Å². The van der Waals surface area contributed by atoms with Crippen molar-refractivity contribution in [3.8, 4) is 0 Å². The van der Waals surface area contributed by atoms with Crippen LogP contribution in [0.3, 0.4) is 0 Å². The van der Waals surface area contributed by atoms with Gasteiger partial charge in [0.25, 0.3) is 0 Å². The number of fused-ring (bicyclic) bond motifs is 3. The molecule has 0 fully saturated rings. The van der Waals surface area contributed by atoms with Crippen LogP contribution in [0.5, 0.6) is 0 Å². The summed E-state index contributed by atoms with van der Waals surface area (Å²) < 4.78 is 5.95. The Morgan fingerprint density at radius 2 is 1.26 bits per heavy atom. The number of carbonyl (C=O) groups excluding carboxylic acids is 1. The molecule has 0 aliphatic heterocycles. The molecule has 5 aromatic carbocycles. The number of hydrogen-bond acceptors (Lipinski definition) is 2. The average Bonchev–Trinajstić information content (AvgIpc) is 2.80. The van der Waals surface area contributed by atoms with Gasteiger partial charge in [-0.05, 0) is 56.8 Å². The molecule has 5 aromatic rings. The van der Waals surface area contributed by atoms with Gasteiger partial charge in [-0.2, -0.15) is 0 Å². The van der Waals surface area contributed by atoms with Gasteiger partial charge in [-0.25, -0.2) is 0 Å². The van der Waals surface area contributed by atoms with Gasteiger partial charge >= 0.3 is 5.97 Å². The lowest BCUT2D eigenvalue weighted by Gasteiger charge is -2.22. The number of benzene rings is 5. The minimum absolute atomic E-state index is 0.250. The Bertz CT molecular complexity index is 1340. The fraction of sp³-hybridized carbons (Fsp3) is 0.138. The summed E-state index contributed by atoms with van der Waals surface area (Å²) in [5.41, 5.74) is 2.38. The highest BCUT2D eigenvalue weighted by Crippen LogP contribution is 2.37. The van der Waals surface area contributed by atoms with Crippen molar-refractivity contribution in [3.63, 3.8) is 0 Å². The molecule has 31 heavy (non-hydrogen) atoms. The maximum atomic E-state index is 12.1. The molecule has 0 aromatic heterocycles. The van der Waals surface area contributed by atoms with Gasteiger partial charge < -0.3 is 4.74 Å². The first-order valence-electron chi connectivity index (χ1n) is 10.7. The van der Waals surface area contributed by atoms with Crippen LogP contribution in [0.2, 0.25) is 0 Å². The molecule has 0 heterocycles. The number of ether oxygens (including phenoxy) is 1. The minimum atomic E-state index is -0.313. The second-order valence-electron chi connectivity index (χ2n) is 8.01. The fourth-order valence-corrected chi connectivity index (χ4v) is 4.66. The SMILES string of the molecule is CC(=O)OC(CCc1cccc2ccccc12)c1c2ccccc2cc2ccccc12. The summed E-state index contributed by atoms with van der Waals surface area (Å²) >= 11 is 0. The standard InChI is InChI=1S/C29H24O2/c1-20(30)31-28(18-17-22-13-8-12-21-9-2-5-14-25(21)22)29-26-15-6-3-10-23(26)19-24-11-4-7-16-27(24)29/h2-16,19,28H,17-18H2,1H3. The zero-order chi connectivity index (χ0) is 21.2. The van der Waals surface area contributed by atoms with Crippen molar-refractivity contribution in [3.05, 3.63) is 108 Å². The summed E-state index contributed by atoms with van der Waals surface area (Å²) in [4.78, 5) is 12.1. The molecule has 1 atom stereocenters. The van der Waals surface area contributed by atoms with E-state index >= 15 is 0 Å². The Kier molecular flexibility index (Phi) is 5.13. The van der Waals surface area contributed by atoms with E-state index in [2.05, 4.69) is 97.1 Å². The van der Waals surface area contributed by atoms with Crippen LogP contribution in [-0.2, 0) is 16.0 Å². The molecular weight excluding hydrogens is 380 g/mol. The predicted molar refractivity (Wildman–Crippen MR) is 128 cm³/mol. The number of hydrogen-bond donors (Lipinski definition) is 0. The van der Waals surface area contributed by atoms with Crippen LogP contribution >= 0.6 is 0 Å². The molecular formula is C29H24O2. The molecule has 2 nitrogen and oxygen atoms in total. The van der Waals surface area contributed by atoms with Crippen LogP contribution in [0.4, 0.5) is 0 Å². The summed E-state index contributed by atoms with van der Waals surface area (Å²) in [5.74, 6) is -0.250. The van der Waals surface area contributed by atoms with Crippen molar-refractivity contribution in [1.82, 2.24) is 0 Å². The number of esters is 1. The second-order valence-corrected chi connectivity index (χ2v) is 8.01. The summed E-state index contributed by atoms with van der Waals surface area (Å²) in [6.45, 7) is 1.50. The normalized spacial score (nSPS) is 12.3. The highest BCUT2D eigenvalue weighted by atomic mass is 16.5. The highest BCUT2D eigenvalue weighted by Gasteiger charge is 2.21. The van der Waals surface area contributed by atoms with Gasteiger partial charge in [-0.15, -0.1) is 0 Å². The van der Waals surface area contributed by atoms with E-state index in [0.717, 1.165) is 29.2 Å². The van der Waals surface area contributed by atoms with Gasteiger partial charge in [0, 0.05) is 12.5 Å². The molecule has 0 aliphatic carbocycles. The monoisotopic (exact) mass is 404 g/mol.